The molecular formula is C16H24FO3P. The molecule has 1 aliphatic rings. The zero-order chi connectivity index (χ0) is 15.5. The Labute approximate surface area is 125 Å². The molecule has 0 aliphatic heterocycles. The Balaban J connectivity index is 2.61. The first-order valence-electron chi connectivity index (χ1n) is 7.74. The number of benzene rings is 1. The van der Waals surface area contributed by atoms with Crippen molar-refractivity contribution < 1.29 is 18.7 Å². The summed E-state index contributed by atoms with van der Waals surface area (Å²) < 4.78 is 26.8. The van der Waals surface area contributed by atoms with E-state index in [4.69, 9.17) is 0 Å². The van der Waals surface area contributed by atoms with Crippen molar-refractivity contribution in [1.29, 1.82) is 0 Å². The minimum Gasteiger partial charge on any atom is -0.324 e. The number of hydrogen-bond donors (Lipinski definition) is 2. The molecule has 1 saturated carbocycles. The van der Waals surface area contributed by atoms with Gasteiger partial charge in [-0.3, -0.25) is 4.57 Å². The van der Waals surface area contributed by atoms with Crippen molar-refractivity contribution in [3.8, 4) is 0 Å². The van der Waals surface area contributed by atoms with Gasteiger partial charge in [0.05, 0.1) is 0 Å². The molecule has 2 N–H and O–H groups in total. The van der Waals surface area contributed by atoms with Crippen LogP contribution in [0.1, 0.15) is 57.4 Å². The van der Waals surface area contributed by atoms with Crippen LogP contribution in [-0.4, -0.2) is 9.79 Å². The Kier molecular flexibility index (Phi) is 5.24. The van der Waals surface area contributed by atoms with E-state index in [-0.39, 0.29) is 11.5 Å². The van der Waals surface area contributed by atoms with Gasteiger partial charge in [0.2, 0.25) is 0 Å². The highest BCUT2D eigenvalue weighted by molar-refractivity contribution is 7.53. The quantitative estimate of drug-likeness (QED) is 0.782. The van der Waals surface area contributed by atoms with Crippen molar-refractivity contribution in [2.75, 3.05) is 0 Å². The maximum absolute atomic E-state index is 14.3. The third kappa shape index (κ3) is 3.08. The van der Waals surface area contributed by atoms with Crippen LogP contribution in [0.15, 0.2) is 24.3 Å². The van der Waals surface area contributed by atoms with Crippen LogP contribution in [0.3, 0.4) is 0 Å². The summed E-state index contributed by atoms with van der Waals surface area (Å²) in [6, 6.07) is 6.09. The van der Waals surface area contributed by atoms with Crippen LogP contribution in [0.2, 0.25) is 0 Å². The molecule has 21 heavy (non-hydrogen) atoms. The van der Waals surface area contributed by atoms with Crippen molar-refractivity contribution in [2.45, 2.75) is 57.0 Å². The molecule has 3 nitrogen and oxygen atoms in total. The van der Waals surface area contributed by atoms with Crippen molar-refractivity contribution in [3.05, 3.63) is 35.6 Å². The standard InChI is InChI=1S/C16H24FO3P/c1-2-12-16(21(18,19)20,13-8-4-3-5-9-13)14-10-6-7-11-15(14)17/h6-7,10-11,13H,2-5,8-9,12H2,1H3,(H2,18,19,20). The van der Waals surface area contributed by atoms with Gasteiger partial charge in [0.15, 0.2) is 0 Å². The van der Waals surface area contributed by atoms with E-state index in [1.807, 2.05) is 6.92 Å². The maximum Gasteiger partial charge on any atom is 0.336 e. The summed E-state index contributed by atoms with van der Waals surface area (Å²) in [5.41, 5.74) is 0.201. The van der Waals surface area contributed by atoms with Crippen molar-refractivity contribution in [2.24, 2.45) is 5.92 Å². The Morgan fingerprint density at radius 1 is 1.24 bits per heavy atom. The minimum absolute atomic E-state index is 0.149. The van der Waals surface area contributed by atoms with E-state index in [9.17, 15) is 18.7 Å². The highest BCUT2D eigenvalue weighted by Crippen LogP contribution is 2.66. The van der Waals surface area contributed by atoms with Crippen molar-refractivity contribution >= 4 is 7.60 Å². The number of rotatable bonds is 5. The van der Waals surface area contributed by atoms with Gasteiger partial charge in [-0.05, 0) is 31.2 Å². The van der Waals surface area contributed by atoms with Crippen LogP contribution in [0.25, 0.3) is 0 Å². The molecule has 0 heterocycles. The first kappa shape index (κ1) is 16.7. The molecular weight excluding hydrogens is 290 g/mol. The smallest absolute Gasteiger partial charge is 0.324 e. The summed E-state index contributed by atoms with van der Waals surface area (Å²) in [5.74, 6) is -0.649. The van der Waals surface area contributed by atoms with E-state index in [1.165, 1.54) is 6.07 Å². The first-order chi connectivity index (χ1) is 9.93. The summed E-state index contributed by atoms with van der Waals surface area (Å²) in [5, 5.41) is -1.37. The lowest BCUT2D eigenvalue weighted by molar-refractivity contribution is 0.206. The summed E-state index contributed by atoms with van der Waals surface area (Å²) in [7, 11) is -4.48. The molecule has 0 spiro atoms. The molecule has 0 saturated heterocycles. The van der Waals surface area contributed by atoms with E-state index >= 15 is 0 Å². The predicted molar refractivity (Wildman–Crippen MR) is 81.6 cm³/mol. The number of hydrogen-bond acceptors (Lipinski definition) is 1. The summed E-state index contributed by atoms with van der Waals surface area (Å²) in [4.78, 5) is 20.3. The lowest BCUT2D eigenvalue weighted by Gasteiger charge is -2.43. The van der Waals surface area contributed by atoms with Crippen LogP contribution in [-0.2, 0) is 9.72 Å². The van der Waals surface area contributed by atoms with E-state index < -0.39 is 18.6 Å². The molecule has 2 rings (SSSR count). The summed E-state index contributed by atoms with van der Waals surface area (Å²) in [6.07, 6.45) is 5.49. The zero-order valence-electron chi connectivity index (χ0n) is 12.5. The van der Waals surface area contributed by atoms with Gasteiger partial charge in [-0.1, -0.05) is 50.8 Å². The Morgan fingerprint density at radius 3 is 2.38 bits per heavy atom. The third-order valence-electron chi connectivity index (χ3n) is 4.77. The molecule has 1 aromatic rings. The Bertz CT molecular complexity index is 522. The molecule has 1 aromatic carbocycles. The second kappa shape index (κ2) is 6.60. The third-order valence-corrected chi connectivity index (χ3v) is 6.64. The lowest BCUT2D eigenvalue weighted by Crippen LogP contribution is -2.37. The van der Waals surface area contributed by atoms with Gasteiger partial charge in [-0.25, -0.2) is 4.39 Å². The molecule has 0 amide bonds. The molecule has 0 radical (unpaired) electrons. The van der Waals surface area contributed by atoms with Gasteiger partial charge >= 0.3 is 7.60 Å². The molecule has 0 bridgehead atoms. The van der Waals surface area contributed by atoms with E-state index in [1.54, 1.807) is 18.2 Å². The van der Waals surface area contributed by atoms with Gasteiger partial charge in [0.25, 0.3) is 0 Å². The molecule has 118 valence electrons. The van der Waals surface area contributed by atoms with Crippen LogP contribution in [0.4, 0.5) is 4.39 Å². The fourth-order valence-electron chi connectivity index (χ4n) is 3.87. The molecule has 1 fully saturated rings. The summed E-state index contributed by atoms with van der Waals surface area (Å²) >= 11 is 0. The molecule has 5 heteroatoms. The normalized spacial score (nSPS) is 20.2. The van der Waals surface area contributed by atoms with Crippen molar-refractivity contribution in [1.82, 2.24) is 0 Å². The van der Waals surface area contributed by atoms with E-state index in [0.717, 1.165) is 32.1 Å². The largest absolute Gasteiger partial charge is 0.336 e. The zero-order valence-corrected chi connectivity index (χ0v) is 13.4. The summed E-state index contributed by atoms with van der Waals surface area (Å²) in [6.45, 7) is 1.90. The first-order valence-corrected chi connectivity index (χ1v) is 9.35. The molecule has 0 aromatic heterocycles. The predicted octanol–water partition coefficient (Wildman–Crippen LogP) is 4.58. The highest BCUT2D eigenvalue weighted by atomic mass is 31.2. The highest BCUT2D eigenvalue weighted by Gasteiger charge is 2.54. The van der Waals surface area contributed by atoms with Gasteiger partial charge in [0, 0.05) is 5.56 Å². The fourth-order valence-corrected chi connectivity index (χ4v) is 5.62. The van der Waals surface area contributed by atoms with Crippen LogP contribution < -0.4 is 0 Å². The van der Waals surface area contributed by atoms with Gasteiger partial charge in [0.1, 0.15) is 11.0 Å². The Hall–Kier alpha value is -0.700. The lowest BCUT2D eigenvalue weighted by atomic mass is 9.74. The molecule has 1 unspecified atom stereocenters. The van der Waals surface area contributed by atoms with E-state index in [2.05, 4.69) is 0 Å². The van der Waals surface area contributed by atoms with Crippen LogP contribution in [0.5, 0.6) is 0 Å². The topological polar surface area (TPSA) is 57.5 Å². The maximum atomic E-state index is 14.3. The van der Waals surface area contributed by atoms with Crippen LogP contribution in [0, 0.1) is 11.7 Å². The fraction of sp³-hybridized carbons (Fsp3) is 0.625. The Morgan fingerprint density at radius 2 is 1.86 bits per heavy atom. The second-order valence-electron chi connectivity index (χ2n) is 6.03. The van der Waals surface area contributed by atoms with E-state index in [0.29, 0.717) is 12.8 Å². The SMILES string of the molecule is CCCC(c1ccccc1F)(C1CCCCC1)P(=O)(O)O. The number of halogens is 1. The van der Waals surface area contributed by atoms with Crippen molar-refractivity contribution in [3.63, 3.8) is 0 Å². The molecule has 1 atom stereocenters. The average molecular weight is 314 g/mol. The molecule has 1 aliphatic carbocycles. The average Bonchev–Trinajstić information content (AvgIpc) is 2.45. The van der Waals surface area contributed by atoms with Crippen LogP contribution >= 0.6 is 7.60 Å². The minimum atomic E-state index is -4.48. The monoisotopic (exact) mass is 314 g/mol. The van der Waals surface area contributed by atoms with Gasteiger partial charge in [-0.15, -0.1) is 0 Å². The van der Waals surface area contributed by atoms with Gasteiger partial charge in [-0.2, -0.15) is 0 Å². The second-order valence-corrected chi connectivity index (χ2v) is 7.92. The van der Waals surface area contributed by atoms with Gasteiger partial charge < -0.3 is 9.79 Å².